The smallest absolute Gasteiger partial charge is 0.0657 e. The fraction of sp³-hybridized carbons (Fsp3) is 1.00. The number of aliphatic hydroxyl groups is 2. The van der Waals surface area contributed by atoms with Crippen LogP contribution in [-0.4, -0.2) is 22.9 Å². The van der Waals surface area contributed by atoms with E-state index in [2.05, 4.69) is 0 Å². The first-order chi connectivity index (χ1) is 4.81. The van der Waals surface area contributed by atoms with Crippen molar-refractivity contribution < 1.29 is 10.2 Å². The third-order valence-corrected chi connectivity index (χ3v) is 3.30. The van der Waals surface area contributed by atoms with E-state index < -0.39 is 0 Å². The molecule has 2 aliphatic rings. The van der Waals surface area contributed by atoms with E-state index in [0.717, 1.165) is 12.8 Å². The third kappa shape index (κ3) is 0.611. The molecule has 0 aromatic rings. The summed E-state index contributed by atoms with van der Waals surface area (Å²) in [5.41, 5.74) is -0.0434. The van der Waals surface area contributed by atoms with Gasteiger partial charge in [0.15, 0.2) is 0 Å². The quantitative estimate of drug-likeness (QED) is 0.560. The van der Waals surface area contributed by atoms with Gasteiger partial charge in [0, 0.05) is 5.41 Å². The molecule has 0 amide bonds. The number of aliphatic hydroxyl groups excluding tert-OH is 2. The van der Waals surface area contributed by atoms with Crippen molar-refractivity contribution in [3.63, 3.8) is 0 Å². The molecule has 2 heteroatoms. The van der Waals surface area contributed by atoms with E-state index >= 15 is 0 Å². The molecule has 2 nitrogen and oxygen atoms in total. The molecule has 2 aliphatic carbocycles. The van der Waals surface area contributed by atoms with E-state index in [0.29, 0.717) is 5.92 Å². The molecule has 10 heavy (non-hydrogen) atoms. The largest absolute Gasteiger partial charge is 0.396 e. The molecule has 58 valence electrons. The van der Waals surface area contributed by atoms with Gasteiger partial charge in [-0.25, -0.2) is 0 Å². The van der Waals surface area contributed by atoms with Gasteiger partial charge < -0.3 is 10.2 Å². The maximum atomic E-state index is 9.42. The molecule has 2 N–H and O–H groups in total. The zero-order valence-electron chi connectivity index (χ0n) is 6.08. The Labute approximate surface area is 60.9 Å². The van der Waals surface area contributed by atoms with E-state index in [9.17, 15) is 5.11 Å². The van der Waals surface area contributed by atoms with Gasteiger partial charge in [0.1, 0.15) is 0 Å². The van der Waals surface area contributed by atoms with Crippen LogP contribution >= 0.6 is 0 Å². The van der Waals surface area contributed by atoms with Gasteiger partial charge in [-0.15, -0.1) is 0 Å². The molecule has 0 bridgehead atoms. The molecular weight excluding hydrogens is 128 g/mol. The minimum absolute atomic E-state index is 0.0434. The summed E-state index contributed by atoms with van der Waals surface area (Å²) in [4.78, 5) is 0. The molecule has 0 radical (unpaired) electrons. The van der Waals surface area contributed by atoms with Crippen LogP contribution in [0.25, 0.3) is 0 Å². The molecule has 3 atom stereocenters. The van der Waals surface area contributed by atoms with Gasteiger partial charge in [0.05, 0.1) is 12.7 Å². The molecule has 2 saturated carbocycles. The predicted molar refractivity (Wildman–Crippen MR) is 37.5 cm³/mol. The van der Waals surface area contributed by atoms with E-state index in [1.165, 1.54) is 12.8 Å². The second-order valence-corrected chi connectivity index (χ2v) is 3.69. The lowest BCUT2D eigenvalue weighted by Gasteiger charge is -2.17. The van der Waals surface area contributed by atoms with Crippen LogP contribution < -0.4 is 0 Å². The molecule has 0 aromatic carbocycles. The van der Waals surface area contributed by atoms with E-state index in [-0.39, 0.29) is 18.1 Å². The summed E-state index contributed by atoms with van der Waals surface area (Å²) >= 11 is 0. The Morgan fingerprint density at radius 2 is 2.20 bits per heavy atom. The van der Waals surface area contributed by atoms with Crippen LogP contribution in [-0.2, 0) is 0 Å². The van der Waals surface area contributed by atoms with Gasteiger partial charge in [-0.05, 0) is 18.8 Å². The van der Waals surface area contributed by atoms with Crippen molar-refractivity contribution in [2.24, 2.45) is 11.3 Å². The van der Waals surface area contributed by atoms with Gasteiger partial charge in [-0.2, -0.15) is 0 Å². The highest BCUT2D eigenvalue weighted by Gasteiger charge is 2.63. The highest BCUT2D eigenvalue weighted by atomic mass is 16.3. The van der Waals surface area contributed by atoms with E-state index in [1.54, 1.807) is 0 Å². The standard InChI is InChI=1S/C8H14O2/c9-5-8-4-2-1-3-6(8)7(8)10/h6-7,9-10H,1-5H2. The van der Waals surface area contributed by atoms with Crippen molar-refractivity contribution in [3.05, 3.63) is 0 Å². The lowest BCUT2D eigenvalue weighted by molar-refractivity contribution is 0.132. The Balaban J connectivity index is 2.09. The fourth-order valence-electron chi connectivity index (χ4n) is 2.44. The summed E-state index contributed by atoms with van der Waals surface area (Å²) in [6, 6.07) is 0. The highest BCUT2D eigenvalue weighted by molar-refractivity contribution is 5.12. The van der Waals surface area contributed by atoms with Gasteiger partial charge >= 0.3 is 0 Å². The van der Waals surface area contributed by atoms with Crippen LogP contribution in [0.2, 0.25) is 0 Å². The number of hydrogen-bond acceptors (Lipinski definition) is 2. The maximum Gasteiger partial charge on any atom is 0.0657 e. The molecule has 0 heterocycles. The van der Waals surface area contributed by atoms with E-state index in [4.69, 9.17) is 5.11 Å². The minimum Gasteiger partial charge on any atom is -0.396 e. The second-order valence-electron chi connectivity index (χ2n) is 3.69. The average molecular weight is 142 g/mol. The first-order valence-corrected chi connectivity index (χ1v) is 4.10. The fourth-order valence-corrected chi connectivity index (χ4v) is 2.44. The zero-order valence-corrected chi connectivity index (χ0v) is 6.08. The lowest BCUT2D eigenvalue weighted by Crippen LogP contribution is -2.15. The Bertz CT molecular complexity index is 146. The van der Waals surface area contributed by atoms with Crippen LogP contribution in [0, 0.1) is 11.3 Å². The summed E-state index contributed by atoms with van der Waals surface area (Å²) in [5, 5.41) is 18.4. The monoisotopic (exact) mass is 142 g/mol. The van der Waals surface area contributed by atoms with Crippen molar-refractivity contribution >= 4 is 0 Å². The summed E-state index contributed by atoms with van der Waals surface area (Å²) in [6.45, 7) is 0.193. The zero-order chi connectivity index (χ0) is 7.19. The van der Waals surface area contributed by atoms with E-state index in [1.807, 2.05) is 0 Å². The Morgan fingerprint density at radius 1 is 1.40 bits per heavy atom. The normalized spacial score (nSPS) is 52.2. The molecular formula is C8H14O2. The van der Waals surface area contributed by atoms with Crippen LogP contribution in [0.3, 0.4) is 0 Å². The van der Waals surface area contributed by atoms with Crippen LogP contribution in [0.1, 0.15) is 25.7 Å². The summed E-state index contributed by atoms with van der Waals surface area (Å²) in [5.74, 6) is 0.436. The van der Waals surface area contributed by atoms with Gasteiger partial charge in [0.25, 0.3) is 0 Å². The Hall–Kier alpha value is -0.0800. The average Bonchev–Trinajstić information content (AvgIpc) is 2.60. The SMILES string of the molecule is OCC12CCCCC1C2O. The maximum absolute atomic E-state index is 9.42. The second kappa shape index (κ2) is 1.95. The Kier molecular flexibility index (Phi) is 1.29. The van der Waals surface area contributed by atoms with Gasteiger partial charge in [0.2, 0.25) is 0 Å². The molecule has 3 unspecified atom stereocenters. The molecule has 0 saturated heterocycles. The topological polar surface area (TPSA) is 40.5 Å². The van der Waals surface area contributed by atoms with Crippen LogP contribution in [0.5, 0.6) is 0 Å². The summed E-state index contributed by atoms with van der Waals surface area (Å²) in [7, 11) is 0. The minimum atomic E-state index is -0.181. The van der Waals surface area contributed by atoms with Crippen LogP contribution in [0.4, 0.5) is 0 Å². The van der Waals surface area contributed by atoms with Crippen LogP contribution in [0.15, 0.2) is 0 Å². The first-order valence-electron chi connectivity index (χ1n) is 4.10. The Morgan fingerprint density at radius 3 is 2.70 bits per heavy atom. The third-order valence-electron chi connectivity index (χ3n) is 3.30. The van der Waals surface area contributed by atoms with Crippen molar-refractivity contribution in [1.29, 1.82) is 0 Å². The van der Waals surface area contributed by atoms with Crippen molar-refractivity contribution in [3.8, 4) is 0 Å². The number of rotatable bonds is 1. The molecule has 2 fully saturated rings. The molecule has 0 spiro atoms. The van der Waals surface area contributed by atoms with Crippen molar-refractivity contribution in [2.75, 3.05) is 6.61 Å². The van der Waals surface area contributed by atoms with Gasteiger partial charge in [-0.3, -0.25) is 0 Å². The number of fused-ring (bicyclic) bond motifs is 1. The predicted octanol–water partition coefficient (Wildman–Crippen LogP) is 0.530. The molecule has 2 rings (SSSR count). The van der Waals surface area contributed by atoms with Crippen molar-refractivity contribution in [1.82, 2.24) is 0 Å². The van der Waals surface area contributed by atoms with Gasteiger partial charge in [-0.1, -0.05) is 12.8 Å². The summed E-state index contributed by atoms with van der Waals surface area (Å²) < 4.78 is 0. The highest BCUT2D eigenvalue weighted by Crippen LogP contribution is 2.60. The molecule has 0 aromatic heterocycles. The first kappa shape index (κ1) is 6.62. The lowest BCUT2D eigenvalue weighted by atomic mass is 9.89. The van der Waals surface area contributed by atoms with Crippen molar-refractivity contribution in [2.45, 2.75) is 31.8 Å². The summed E-state index contributed by atoms with van der Waals surface area (Å²) in [6.07, 6.45) is 4.41. The number of hydrogen-bond donors (Lipinski definition) is 2. The molecule has 0 aliphatic heterocycles.